The van der Waals surface area contributed by atoms with Gasteiger partial charge >= 0.3 is 0 Å². The molecule has 0 radical (unpaired) electrons. The number of nitrogens with one attached hydrogen (secondary N) is 1. The van der Waals surface area contributed by atoms with E-state index in [2.05, 4.69) is 15.0 Å². The van der Waals surface area contributed by atoms with Crippen molar-refractivity contribution in [3.63, 3.8) is 0 Å². The maximum Gasteiger partial charge on any atom is 0.269 e. The minimum absolute atomic E-state index is 0.163. The largest absolute Gasteiger partial charge is 0.385 e. The van der Waals surface area contributed by atoms with Crippen LogP contribution in [0, 0.1) is 0 Å². The highest BCUT2D eigenvalue weighted by molar-refractivity contribution is 7.17. The first kappa shape index (κ1) is 16.6. The van der Waals surface area contributed by atoms with E-state index in [1.807, 2.05) is 34.3 Å². The smallest absolute Gasteiger partial charge is 0.269 e. The first-order valence-corrected chi connectivity index (χ1v) is 9.09. The van der Waals surface area contributed by atoms with E-state index in [1.165, 1.54) is 11.3 Å². The lowest BCUT2D eigenvalue weighted by atomic mass is 10.2. The topological polar surface area (TPSA) is 85.7 Å². The molecule has 0 bridgehead atoms. The van der Waals surface area contributed by atoms with Crippen LogP contribution in [-0.4, -0.2) is 38.2 Å². The predicted molar refractivity (Wildman–Crippen MR) is 101 cm³/mol. The van der Waals surface area contributed by atoms with E-state index in [9.17, 15) is 4.79 Å². The number of aromatic amines is 1. The van der Waals surface area contributed by atoms with E-state index in [0.717, 1.165) is 24.2 Å². The van der Waals surface area contributed by atoms with Gasteiger partial charge in [0, 0.05) is 49.8 Å². The molecule has 0 amide bonds. The number of fused-ring (bicyclic) bond motifs is 1. The van der Waals surface area contributed by atoms with Gasteiger partial charge in [-0.05, 0) is 18.6 Å². The van der Waals surface area contributed by atoms with Crippen LogP contribution in [0.5, 0.6) is 0 Å². The first-order valence-electron chi connectivity index (χ1n) is 8.21. The Labute approximate surface area is 153 Å². The molecule has 4 aromatic rings. The van der Waals surface area contributed by atoms with Gasteiger partial charge in [0.25, 0.3) is 5.56 Å². The van der Waals surface area contributed by atoms with Gasteiger partial charge in [0.1, 0.15) is 4.70 Å². The van der Waals surface area contributed by atoms with Crippen LogP contribution in [0.2, 0.25) is 0 Å². The minimum atomic E-state index is -0.163. The summed E-state index contributed by atoms with van der Waals surface area (Å²) in [6, 6.07) is 5.69. The number of methoxy groups -OCH3 is 1. The number of rotatable bonds is 6. The third-order valence-corrected chi connectivity index (χ3v) is 5.01. The van der Waals surface area contributed by atoms with Crippen molar-refractivity contribution in [2.45, 2.75) is 13.0 Å². The minimum Gasteiger partial charge on any atom is -0.385 e. The summed E-state index contributed by atoms with van der Waals surface area (Å²) in [5.41, 5.74) is 2.14. The monoisotopic (exact) mass is 367 g/mol. The molecule has 0 aliphatic heterocycles. The van der Waals surface area contributed by atoms with E-state index in [1.54, 1.807) is 19.5 Å². The molecule has 8 heteroatoms. The number of nitrogens with zero attached hydrogens (tertiary/aromatic N) is 4. The van der Waals surface area contributed by atoms with E-state index >= 15 is 0 Å². The molecular formula is C18H17N5O2S. The number of hydrogen-bond acceptors (Lipinski definition) is 6. The van der Waals surface area contributed by atoms with E-state index in [-0.39, 0.29) is 5.56 Å². The molecule has 7 nitrogen and oxygen atoms in total. The van der Waals surface area contributed by atoms with Gasteiger partial charge < -0.3 is 14.3 Å². The Bertz CT molecular complexity index is 1080. The number of imidazole rings is 1. The lowest BCUT2D eigenvalue weighted by molar-refractivity contribution is 0.190. The molecule has 0 atom stereocenters. The third kappa shape index (κ3) is 3.04. The van der Waals surface area contributed by atoms with Gasteiger partial charge in [-0.3, -0.25) is 9.78 Å². The van der Waals surface area contributed by atoms with Crippen molar-refractivity contribution in [1.82, 2.24) is 24.5 Å². The van der Waals surface area contributed by atoms with Gasteiger partial charge in [-0.1, -0.05) is 6.07 Å². The van der Waals surface area contributed by atoms with E-state index in [0.29, 0.717) is 28.5 Å². The molecule has 0 aliphatic carbocycles. The highest BCUT2D eigenvalue weighted by atomic mass is 32.1. The van der Waals surface area contributed by atoms with Crippen molar-refractivity contribution in [2.75, 3.05) is 13.7 Å². The average Bonchev–Trinajstić information content (AvgIpc) is 3.30. The third-order valence-electron chi connectivity index (χ3n) is 4.04. The molecule has 0 saturated carbocycles. The van der Waals surface area contributed by atoms with Crippen molar-refractivity contribution >= 4 is 21.6 Å². The second-order valence-electron chi connectivity index (χ2n) is 5.75. The number of pyridine rings is 1. The Morgan fingerprint density at radius 1 is 1.27 bits per heavy atom. The molecule has 4 rings (SSSR count). The highest BCUT2D eigenvalue weighted by Gasteiger charge is 2.16. The van der Waals surface area contributed by atoms with Gasteiger partial charge in [-0.2, -0.15) is 0 Å². The standard InChI is InChI=1S/C18H17N5O2S/c1-25-10-4-8-23-9-7-20-17(23)16-21-14-12(13-5-2-3-6-19-13)11-26-15(14)18(24)22-16/h2-3,5-7,9,11H,4,8,10H2,1H3,(H,21,22,24). The Morgan fingerprint density at radius 2 is 2.19 bits per heavy atom. The van der Waals surface area contributed by atoms with Gasteiger partial charge in [0.15, 0.2) is 11.6 Å². The highest BCUT2D eigenvalue weighted by Crippen LogP contribution is 2.30. The number of hydrogen-bond donors (Lipinski definition) is 1. The van der Waals surface area contributed by atoms with Crippen molar-refractivity contribution in [3.05, 3.63) is 52.5 Å². The lowest BCUT2D eigenvalue weighted by Gasteiger charge is -2.07. The SMILES string of the molecule is COCCCn1ccnc1-c1nc2c(-c3ccccn3)csc2c(=O)[nH]1. The second-order valence-corrected chi connectivity index (χ2v) is 6.63. The fourth-order valence-electron chi connectivity index (χ4n) is 2.82. The zero-order valence-electron chi connectivity index (χ0n) is 14.2. The Kier molecular flexibility index (Phi) is 4.59. The molecule has 4 heterocycles. The van der Waals surface area contributed by atoms with Gasteiger partial charge in [0.05, 0.1) is 11.2 Å². The zero-order valence-corrected chi connectivity index (χ0v) is 15.0. The van der Waals surface area contributed by atoms with Crippen LogP contribution in [-0.2, 0) is 11.3 Å². The molecule has 26 heavy (non-hydrogen) atoms. The number of aromatic nitrogens is 5. The summed E-state index contributed by atoms with van der Waals surface area (Å²) in [6.45, 7) is 1.40. The van der Waals surface area contributed by atoms with Gasteiger partial charge in [0.2, 0.25) is 0 Å². The molecule has 0 spiro atoms. The van der Waals surface area contributed by atoms with Crippen LogP contribution >= 0.6 is 11.3 Å². The maximum atomic E-state index is 12.5. The number of aryl methyl sites for hydroxylation is 1. The molecule has 0 unspecified atom stereocenters. The fourth-order valence-corrected chi connectivity index (χ4v) is 3.72. The predicted octanol–water partition coefficient (Wildman–Crippen LogP) is 2.95. The summed E-state index contributed by atoms with van der Waals surface area (Å²) >= 11 is 1.37. The van der Waals surface area contributed by atoms with Crippen LogP contribution in [0.25, 0.3) is 33.1 Å². The normalized spacial score (nSPS) is 11.3. The summed E-state index contributed by atoms with van der Waals surface area (Å²) in [5, 5.41) is 1.92. The van der Waals surface area contributed by atoms with Gasteiger partial charge in [-0.15, -0.1) is 11.3 Å². The second kappa shape index (κ2) is 7.19. The van der Waals surface area contributed by atoms with Crippen molar-refractivity contribution in [2.24, 2.45) is 0 Å². The molecule has 4 aromatic heterocycles. The molecule has 132 valence electrons. The number of thiophene rings is 1. The zero-order chi connectivity index (χ0) is 17.9. The fraction of sp³-hybridized carbons (Fsp3) is 0.222. The molecule has 0 aromatic carbocycles. The Balaban J connectivity index is 1.81. The number of ether oxygens (including phenoxy) is 1. The quantitative estimate of drug-likeness (QED) is 0.530. The average molecular weight is 367 g/mol. The summed E-state index contributed by atoms with van der Waals surface area (Å²) < 4.78 is 7.66. The van der Waals surface area contributed by atoms with E-state index < -0.39 is 0 Å². The van der Waals surface area contributed by atoms with Gasteiger partial charge in [-0.25, -0.2) is 9.97 Å². The summed E-state index contributed by atoms with van der Waals surface area (Å²) in [4.78, 5) is 28.9. The van der Waals surface area contributed by atoms with E-state index in [4.69, 9.17) is 9.72 Å². The molecule has 1 N–H and O–H groups in total. The molecular weight excluding hydrogens is 350 g/mol. The summed E-state index contributed by atoms with van der Waals surface area (Å²) in [7, 11) is 1.68. The van der Waals surface area contributed by atoms with Crippen molar-refractivity contribution in [1.29, 1.82) is 0 Å². The van der Waals surface area contributed by atoms with Crippen LogP contribution in [0.4, 0.5) is 0 Å². The maximum absolute atomic E-state index is 12.5. The van der Waals surface area contributed by atoms with Crippen molar-refractivity contribution in [3.8, 4) is 22.9 Å². The van der Waals surface area contributed by atoms with Crippen LogP contribution < -0.4 is 5.56 Å². The number of H-pyrrole nitrogens is 1. The summed E-state index contributed by atoms with van der Waals surface area (Å²) in [6.07, 6.45) is 6.17. The van der Waals surface area contributed by atoms with Crippen molar-refractivity contribution < 1.29 is 4.74 Å². The van der Waals surface area contributed by atoms with Crippen LogP contribution in [0.1, 0.15) is 6.42 Å². The van der Waals surface area contributed by atoms with Crippen LogP contribution in [0.15, 0.2) is 47.0 Å². The summed E-state index contributed by atoms with van der Waals surface area (Å²) in [5.74, 6) is 1.10. The molecule has 0 fully saturated rings. The van der Waals surface area contributed by atoms with Crippen LogP contribution in [0.3, 0.4) is 0 Å². The molecule has 0 saturated heterocycles. The Hall–Kier alpha value is -2.84. The first-order chi connectivity index (χ1) is 12.8. The molecule has 0 aliphatic rings. The Morgan fingerprint density at radius 3 is 3.00 bits per heavy atom. The lowest BCUT2D eigenvalue weighted by Crippen LogP contribution is -2.11.